The molecule has 4 aromatic rings. The number of nitrogens with zero attached hydrogens (tertiary/aromatic N) is 3. The Bertz CT molecular complexity index is 1500. The van der Waals surface area contributed by atoms with Gasteiger partial charge in [-0.05, 0) is 43.3 Å². The quantitative estimate of drug-likeness (QED) is 0.474. The third-order valence-electron chi connectivity index (χ3n) is 5.24. The van der Waals surface area contributed by atoms with E-state index in [2.05, 4.69) is 10.4 Å². The van der Waals surface area contributed by atoms with Crippen LogP contribution < -0.4 is 15.2 Å². The van der Waals surface area contributed by atoms with Crippen LogP contribution in [0.25, 0.3) is 10.8 Å². The standard InChI is InChI=1S/C24H22N4O4S/c1-17-21-13-6-7-14-22(21)24(30)28(26-17)16-23(29)25-18-9-8-12-20(15-18)33(31,32)27(2)19-10-4-3-5-11-19/h3-15H,16H2,1-2H3,(H,25,29). The van der Waals surface area contributed by atoms with Gasteiger partial charge in [-0.25, -0.2) is 13.1 Å². The second-order valence-electron chi connectivity index (χ2n) is 7.48. The van der Waals surface area contributed by atoms with E-state index in [0.717, 1.165) is 10.1 Å². The number of benzene rings is 3. The van der Waals surface area contributed by atoms with E-state index in [1.807, 2.05) is 12.1 Å². The van der Waals surface area contributed by atoms with E-state index in [1.165, 1.54) is 23.5 Å². The highest BCUT2D eigenvalue weighted by molar-refractivity contribution is 7.92. The first-order chi connectivity index (χ1) is 15.8. The fourth-order valence-electron chi connectivity index (χ4n) is 3.52. The Morgan fingerprint density at radius 1 is 0.970 bits per heavy atom. The second-order valence-corrected chi connectivity index (χ2v) is 9.45. The Kier molecular flexibility index (Phi) is 5.97. The molecule has 0 atom stereocenters. The van der Waals surface area contributed by atoms with Crippen LogP contribution in [-0.2, 0) is 21.4 Å². The zero-order valence-corrected chi connectivity index (χ0v) is 18.9. The van der Waals surface area contributed by atoms with Crippen molar-refractivity contribution in [2.75, 3.05) is 16.7 Å². The molecule has 4 rings (SSSR count). The zero-order valence-electron chi connectivity index (χ0n) is 18.1. The highest BCUT2D eigenvalue weighted by Gasteiger charge is 2.22. The summed E-state index contributed by atoms with van der Waals surface area (Å²) in [5.74, 6) is -0.495. The van der Waals surface area contributed by atoms with Crippen molar-refractivity contribution in [2.24, 2.45) is 0 Å². The van der Waals surface area contributed by atoms with Crippen molar-refractivity contribution in [3.05, 3.63) is 94.9 Å². The number of anilines is 2. The second kappa shape index (κ2) is 8.87. The number of hydrogen-bond donors (Lipinski definition) is 1. The Morgan fingerprint density at radius 3 is 2.36 bits per heavy atom. The normalized spacial score (nSPS) is 11.3. The average molecular weight is 463 g/mol. The van der Waals surface area contributed by atoms with Crippen LogP contribution in [0.4, 0.5) is 11.4 Å². The number of sulfonamides is 1. The van der Waals surface area contributed by atoms with Crippen LogP contribution in [0, 0.1) is 6.92 Å². The largest absolute Gasteiger partial charge is 0.324 e. The van der Waals surface area contributed by atoms with E-state index in [4.69, 9.17) is 0 Å². The smallest absolute Gasteiger partial charge is 0.275 e. The SMILES string of the molecule is Cc1nn(CC(=O)Nc2cccc(S(=O)(=O)N(C)c3ccccc3)c2)c(=O)c2ccccc12. The molecule has 8 nitrogen and oxygen atoms in total. The molecule has 168 valence electrons. The minimum absolute atomic E-state index is 0.0310. The number of fused-ring (bicyclic) bond motifs is 1. The van der Waals surface area contributed by atoms with Crippen LogP contribution in [0.2, 0.25) is 0 Å². The molecule has 1 amide bonds. The molecule has 0 aliphatic carbocycles. The summed E-state index contributed by atoms with van der Waals surface area (Å²) in [6.45, 7) is 1.47. The maximum Gasteiger partial charge on any atom is 0.275 e. The number of carbonyl (C=O) groups is 1. The molecular weight excluding hydrogens is 440 g/mol. The first-order valence-corrected chi connectivity index (χ1v) is 11.6. The lowest BCUT2D eigenvalue weighted by Crippen LogP contribution is -2.30. The molecule has 3 aromatic carbocycles. The van der Waals surface area contributed by atoms with Crippen molar-refractivity contribution in [3.8, 4) is 0 Å². The van der Waals surface area contributed by atoms with Crippen molar-refractivity contribution in [3.63, 3.8) is 0 Å². The van der Waals surface area contributed by atoms with Gasteiger partial charge in [0.2, 0.25) is 5.91 Å². The van der Waals surface area contributed by atoms with E-state index in [1.54, 1.807) is 61.5 Å². The Balaban J connectivity index is 1.56. The molecule has 33 heavy (non-hydrogen) atoms. The van der Waals surface area contributed by atoms with Crippen LogP contribution in [0.1, 0.15) is 5.69 Å². The number of amides is 1. The highest BCUT2D eigenvalue weighted by Crippen LogP contribution is 2.23. The van der Waals surface area contributed by atoms with E-state index in [-0.39, 0.29) is 17.0 Å². The average Bonchev–Trinajstić information content (AvgIpc) is 2.82. The summed E-state index contributed by atoms with van der Waals surface area (Å²) in [4.78, 5) is 25.4. The number of aromatic nitrogens is 2. The highest BCUT2D eigenvalue weighted by atomic mass is 32.2. The predicted octanol–water partition coefficient (Wildman–Crippen LogP) is 3.17. The monoisotopic (exact) mass is 462 g/mol. The Labute approximate surface area is 191 Å². The van der Waals surface area contributed by atoms with Gasteiger partial charge in [0.1, 0.15) is 6.54 Å². The summed E-state index contributed by atoms with van der Waals surface area (Å²) in [6.07, 6.45) is 0. The van der Waals surface area contributed by atoms with Crippen molar-refractivity contribution in [2.45, 2.75) is 18.4 Å². The van der Waals surface area contributed by atoms with Gasteiger partial charge in [-0.1, -0.05) is 42.5 Å². The van der Waals surface area contributed by atoms with Gasteiger partial charge in [0, 0.05) is 18.1 Å². The van der Waals surface area contributed by atoms with Gasteiger partial charge < -0.3 is 5.32 Å². The molecule has 0 fully saturated rings. The van der Waals surface area contributed by atoms with Crippen LogP contribution in [-0.4, -0.2) is 31.2 Å². The van der Waals surface area contributed by atoms with Gasteiger partial charge >= 0.3 is 0 Å². The first-order valence-electron chi connectivity index (χ1n) is 10.2. The summed E-state index contributed by atoms with van der Waals surface area (Å²) in [7, 11) is -2.36. The van der Waals surface area contributed by atoms with Crippen molar-refractivity contribution in [1.29, 1.82) is 0 Å². The zero-order chi connectivity index (χ0) is 23.6. The summed E-state index contributed by atoms with van der Waals surface area (Å²) >= 11 is 0. The number of rotatable bonds is 6. The predicted molar refractivity (Wildman–Crippen MR) is 128 cm³/mol. The Hall–Kier alpha value is -3.98. The fraction of sp³-hybridized carbons (Fsp3) is 0.125. The summed E-state index contributed by atoms with van der Waals surface area (Å²) < 4.78 is 28.3. The first kappa shape index (κ1) is 22.2. The maximum absolute atomic E-state index is 13.0. The third-order valence-corrected chi connectivity index (χ3v) is 7.02. The van der Waals surface area contributed by atoms with Crippen molar-refractivity contribution in [1.82, 2.24) is 9.78 Å². The van der Waals surface area contributed by atoms with Crippen molar-refractivity contribution < 1.29 is 13.2 Å². The van der Waals surface area contributed by atoms with Crippen LogP contribution in [0.5, 0.6) is 0 Å². The van der Waals surface area contributed by atoms with Gasteiger partial charge in [-0.3, -0.25) is 13.9 Å². The molecule has 0 saturated carbocycles. The van der Waals surface area contributed by atoms with E-state index in [0.29, 0.717) is 22.5 Å². The molecule has 9 heteroatoms. The fourth-order valence-corrected chi connectivity index (χ4v) is 4.76. The minimum atomic E-state index is -3.83. The maximum atomic E-state index is 13.0. The number of carbonyl (C=O) groups excluding carboxylic acids is 1. The van der Waals surface area contributed by atoms with Gasteiger partial charge in [0.15, 0.2) is 0 Å². The molecule has 0 aliphatic heterocycles. The van der Waals surface area contributed by atoms with Crippen LogP contribution in [0.3, 0.4) is 0 Å². The van der Waals surface area contributed by atoms with Gasteiger partial charge in [0.25, 0.3) is 15.6 Å². The summed E-state index contributed by atoms with van der Waals surface area (Å²) in [6, 6.07) is 21.8. The molecule has 1 aromatic heterocycles. The molecule has 1 N–H and O–H groups in total. The topological polar surface area (TPSA) is 101 Å². The molecule has 0 aliphatic rings. The van der Waals surface area contributed by atoms with Gasteiger partial charge in [0.05, 0.1) is 21.7 Å². The van der Waals surface area contributed by atoms with Crippen LogP contribution >= 0.6 is 0 Å². The lowest BCUT2D eigenvalue weighted by atomic mass is 10.1. The third kappa shape index (κ3) is 4.49. The molecule has 0 spiro atoms. The molecular formula is C24H22N4O4S. The molecule has 0 unspecified atom stereocenters. The lowest BCUT2D eigenvalue weighted by molar-refractivity contribution is -0.117. The number of para-hydroxylation sites is 1. The molecule has 0 bridgehead atoms. The molecule has 0 radical (unpaired) electrons. The van der Waals surface area contributed by atoms with E-state index in [9.17, 15) is 18.0 Å². The van der Waals surface area contributed by atoms with Gasteiger partial charge in [-0.15, -0.1) is 0 Å². The Morgan fingerprint density at radius 2 is 1.64 bits per heavy atom. The number of nitrogens with one attached hydrogen (secondary N) is 1. The van der Waals surface area contributed by atoms with Crippen molar-refractivity contribution >= 4 is 38.1 Å². The molecule has 0 saturated heterocycles. The van der Waals surface area contributed by atoms with E-state index >= 15 is 0 Å². The lowest BCUT2D eigenvalue weighted by Gasteiger charge is -2.20. The minimum Gasteiger partial charge on any atom is -0.324 e. The van der Waals surface area contributed by atoms with Gasteiger partial charge in [-0.2, -0.15) is 5.10 Å². The number of hydrogen-bond acceptors (Lipinski definition) is 5. The summed E-state index contributed by atoms with van der Waals surface area (Å²) in [5.41, 5.74) is 1.08. The molecule has 1 heterocycles. The number of aryl methyl sites for hydroxylation is 1. The summed E-state index contributed by atoms with van der Waals surface area (Å²) in [5, 5.41) is 8.11. The van der Waals surface area contributed by atoms with Crippen LogP contribution in [0.15, 0.2) is 88.6 Å². The van der Waals surface area contributed by atoms with E-state index < -0.39 is 15.9 Å².